The van der Waals surface area contributed by atoms with Crippen LogP contribution in [0.3, 0.4) is 0 Å². The maximum absolute atomic E-state index is 12.4. The molecule has 0 saturated heterocycles. The second kappa shape index (κ2) is 42.9. The molecule has 6 heterocycles. The van der Waals surface area contributed by atoms with E-state index in [2.05, 4.69) is 179 Å². The van der Waals surface area contributed by atoms with Crippen LogP contribution in [0.25, 0.3) is 67.5 Å². The number of nitrogens with two attached hydrogens (primary N) is 1. The second-order valence-corrected chi connectivity index (χ2v) is 50.8. The molecule has 0 aliphatic heterocycles. The molecule has 1 aliphatic rings. The summed E-state index contributed by atoms with van der Waals surface area (Å²) < 4.78 is 153. The topological polar surface area (TPSA) is 425 Å². The minimum absolute atomic E-state index is 0.0692. The number of rotatable bonds is 18. The second-order valence-electron chi connectivity index (χ2n) is 39.8. The Labute approximate surface area is 800 Å². The molecule has 0 unspecified atom stereocenters. The average Bonchev–Trinajstić information content (AvgIpc) is 1.67. The van der Waals surface area contributed by atoms with Crippen LogP contribution in [-0.2, 0) is 92.4 Å². The molecule has 6 aromatic carbocycles. The molecule has 1 saturated carbocycles. The summed E-state index contributed by atoms with van der Waals surface area (Å²) in [4.78, 5) is 56.0. The number of sulfonamides is 5. The number of nitrogens with zero attached hydrogens (tertiary/aromatic N) is 13. The Balaban J connectivity index is 0.000000199. The average molecular weight is 1960 g/mol. The molecule has 724 valence electrons. The molecule has 1 aliphatic carbocycles. The van der Waals surface area contributed by atoms with Crippen molar-refractivity contribution in [2.75, 3.05) is 27.4 Å². The van der Waals surface area contributed by atoms with E-state index < -0.39 is 60.0 Å². The molecule has 13 rings (SSSR count). The SMILES string of the molecule is CNS(=O)(=O)c1cccc(-c2cnc(C)c(C(C)(C)C)n2)c1.Cc1ncc(-c2ccc(S(C)(=O)=O)cc2)nc1C(C)(C)C.Cc1ncc(-c2cccc(S(=O)(=O)N(C)C)c2)nc1C(C)(C)C.Cc1ncc(-c2cccc(S(=O)(=O)NC(C)C)c2)nc1C(C)(C)C.Cc1ncc(-c2cccc(S(=O)(=O)NC3CC3)c2)nc1C(C)(C)C.Cc1ncc(-c2cccc(S(N)(=O)=O)c2)nc1C(C)(C)C. The lowest BCUT2D eigenvalue weighted by Gasteiger charge is -2.20. The summed E-state index contributed by atoms with van der Waals surface area (Å²) in [6.45, 7) is 52.7. The number of nitrogens with one attached hydrogen (secondary N) is 3. The zero-order chi connectivity index (χ0) is 101. The number of primary sulfonamides is 1. The van der Waals surface area contributed by atoms with Crippen molar-refractivity contribution in [3.05, 3.63) is 251 Å². The van der Waals surface area contributed by atoms with Gasteiger partial charge in [-0.25, -0.2) is 104 Å². The van der Waals surface area contributed by atoms with Crippen LogP contribution in [0.5, 0.6) is 0 Å². The van der Waals surface area contributed by atoms with Gasteiger partial charge >= 0.3 is 0 Å². The van der Waals surface area contributed by atoms with E-state index in [9.17, 15) is 50.5 Å². The van der Waals surface area contributed by atoms with Gasteiger partial charge in [-0.2, -0.15) is 0 Å². The number of benzene rings is 6. The van der Waals surface area contributed by atoms with Gasteiger partial charge in [-0.15, -0.1) is 0 Å². The molecule has 0 spiro atoms. The van der Waals surface area contributed by atoms with Gasteiger partial charge in [-0.1, -0.05) is 197 Å². The van der Waals surface area contributed by atoms with Crippen LogP contribution in [0.15, 0.2) is 212 Å². The Morgan fingerprint density at radius 3 is 0.800 bits per heavy atom. The number of aryl methyl sites for hydroxylation is 6. The lowest BCUT2D eigenvalue weighted by Crippen LogP contribution is -2.30. The molecule has 0 amide bonds. The highest BCUT2D eigenvalue weighted by atomic mass is 32.2. The van der Waals surface area contributed by atoms with Crippen LogP contribution < -0.4 is 19.3 Å². The first kappa shape index (κ1) is 110. The van der Waals surface area contributed by atoms with Crippen LogP contribution in [0.1, 0.15) is 220 Å². The summed E-state index contributed by atoms with van der Waals surface area (Å²) in [7, 11) is -16.4. The molecule has 1 fully saturated rings. The van der Waals surface area contributed by atoms with Crippen molar-refractivity contribution in [2.24, 2.45) is 5.14 Å². The van der Waals surface area contributed by atoms with E-state index in [-0.39, 0.29) is 69.1 Å². The Morgan fingerprint density at radius 1 is 0.326 bits per heavy atom. The lowest BCUT2D eigenvalue weighted by molar-refractivity contribution is 0.520. The quantitative estimate of drug-likeness (QED) is 0.0620. The van der Waals surface area contributed by atoms with Gasteiger partial charge in [0.2, 0.25) is 50.1 Å². The van der Waals surface area contributed by atoms with E-state index in [4.69, 9.17) is 25.1 Å². The van der Waals surface area contributed by atoms with Crippen LogP contribution in [0.2, 0.25) is 0 Å². The minimum atomic E-state index is -3.73. The van der Waals surface area contributed by atoms with Gasteiger partial charge in [0.15, 0.2) is 9.84 Å². The lowest BCUT2D eigenvalue weighted by atomic mass is 9.90. The highest BCUT2D eigenvalue weighted by Gasteiger charge is 2.31. The van der Waals surface area contributed by atoms with Gasteiger partial charge in [-0.05, 0) is 148 Å². The summed E-state index contributed by atoms with van der Waals surface area (Å²) >= 11 is 0. The zero-order valence-electron chi connectivity index (χ0n) is 83.1. The third kappa shape index (κ3) is 30.2. The normalized spacial score (nSPS) is 13.0. The molecule has 35 heteroatoms. The minimum Gasteiger partial charge on any atom is -0.257 e. The third-order valence-corrected chi connectivity index (χ3v) is 29.3. The predicted molar refractivity (Wildman–Crippen MR) is 536 cm³/mol. The van der Waals surface area contributed by atoms with E-state index in [0.29, 0.717) is 38.9 Å². The smallest absolute Gasteiger partial charge is 0.242 e. The number of hydrogen-bond donors (Lipinski definition) is 4. The Morgan fingerprint density at radius 2 is 0.563 bits per heavy atom. The van der Waals surface area contributed by atoms with Gasteiger partial charge in [0.1, 0.15) is 0 Å². The van der Waals surface area contributed by atoms with Gasteiger partial charge in [0, 0.05) is 98.3 Å². The van der Waals surface area contributed by atoms with Crippen molar-refractivity contribution in [2.45, 2.75) is 267 Å². The molecule has 135 heavy (non-hydrogen) atoms. The number of aromatic nitrogens is 12. The summed E-state index contributed by atoms with van der Waals surface area (Å²) in [6, 6.07) is 40.3. The zero-order valence-corrected chi connectivity index (χ0v) is 88.0. The first-order valence-electron chi connectivity index (χ1n) is 43.8. The molecule has 6 aromatic heterocycles. The highest BCUT2D eigenvalue weighted by Crippen LogP contribution is 2.36. The van der Waals surface area contributed by atoms with Gasteiger partial charge in [0.05, 0.1) is 169 Å². The van der Waals surface area contributed by atoms with Gasteiger partial charge in [-0.3, -0.25) is 29.9 Å². The summed E-state index contributed by atoms with van der Waals surface area (Å²) in [6.07, 6.45) is 13.1. The fourth-order valence-electron chi connectivity index (χ4n) is 14.0. The van der Waals surface area contributed by atoms with E-state index in [1.54, 1.807) is 160 Å². The molecular formula is C100H131N17O12S6. The molecule has 0 bridgehead atoms. The first-order chi connectivity index (χ1) is 62.0. The van der Waals surface area contributed by atoms with Crippen LogP contribution >= 0.6 is 0 Å². The van der Waals surface area contributed by atoms with Crippen molar-refractivity contribution < 1.29 is 50.5 Å². The molecule has 0 radical (unpaired) electrons. The van der Waals surface area contributed by atoms with E-state index >= 15 is 0 Å². The largest absolute Gasteiger partial charge is 0.257 e. The Kier molecular flexibility index (Phi) is 34.8. The number of hydrogen-bond acceptors (Lipinski definition) is 24. The summed E-state index contributed by atoms with van der Waals surface area (Å²) in [5, 5.41) is 5.16. The molecule has 0 atom stereocenters. The van der Waals surface area contributed by atoms with Crippen molar-refractivity contribution in [1.82, 2.24) is 78.3 Å². The van der Waals surface area contributed by atoms with E-state index in [1.165, 1.54) is 43.8 Å². The Bertz CT molecular complexity index is 6880. The monoisotopic (exact) mass is 1950 g/mol. The van der Waals surface area contributed by atoms with E-state index in [1.807, 2.05) is 65.8 Å². The summed E-state index contributed by atoms with van der Waals surface area (Å²) in [5.41, 5.74) is 18.7. The molecule has 12 aromatic rings. The van der Waals surface area contributed by atoms with Crippen molar-refractivity contribution in [1.29, 1.82) is 0 Å². The Hall–Kier alpha value is -10.7. The van der Waals surface area contributed by atoms with Gasteiger partial charge < -0.3 is 0 Å². The van der Waals surface area contributed by atoms with E-state index in [0.717, 1.165) is 115 Å². The molecular weight excluding hydrogens is 1820 g/mol. The third-order valence-electron chi connectivity index (χ3n) is 20.8. The van der Waals surface area contributed by atoms with Crippen LogP contribution in [0, 0.1) is 41.5 Å². The number of sulfone groups is 1. The van der Waals surface area contributed by atoms with Gasteiger partial charge in [0.25, 0.3) is 0 Å². The van der Waals surface area contributed by atoms with Crippen molar-refractivity contribution in [3.8, 4) is 67.5 Å². The van der Waals surface area contributed by atoms with Crippen molar-refractivity contribution >= 4 is 60.0 Å². The highest BCUT2D eigenvalue weighted by molar-refractivity contribution is 7.91. The van der Waals surface area contributed by atoms with Crippen molar-refractivity contribution in [3.63, 3.8) is 0 Å². The molecule has 5 N–H and O–H groups in total. The van der Waals surface area contributed by atoms with Crippen LogP contribution in [-0.4, -0.2) is 154 Å². The summed E-state index contributed by atoms with van der Waals surface area (Å²) in [5.74, 6) is 0. The maximum Gasteiger partial charge on any atom is 0.242 e. The van der Waals surface area contributed by atoms with Crippen LogP contribution in [0.4, 0.5) is 0 Å². The first-order valence-corrected chi connectivity index (χ1v) is 53.2. The standard InChI is InChI=1S/C18H23N3O2S.C18H25N3O2S.C17H23N3O2S.C16H21N3O2S.C16H20N2O2S.C15H19N3O2S/c1-12-17(18(2,3)4)20-16(11-19-12)13-6-5-7-15(10-13)24(22,23)21-14-8-9-14;1-12(2)21-24(22,23)15-9-7-8-14(10-15)16-11-19-13(3)17(20-16)18(4,5)6;1-12-16(17(2,3)4)19-15(11-18-12)13-8-7-9-14(10-13)23(21,22)20(5)6;1-11-15(16(2,3)4)19-14(10-18-11)12-7-6-8-13(9-12)22(20,21)17-5;1-11-15(16(2,3)4)18-14(10-17-11)12-6-8-13(9-7-12)21(5,19)20;1-10-14(15(2,3)4)18-13(9-17-10)11-6-5-7-12(8-11)21(16,19)20/h5-7,10-11,14,21H,8-9H2,1-4H3;7-12,21H,1-6H3;7-11H,1-6H3;6-10,17H,1-5H3;6-10H,1-5H3;5-9H,1-4H3,(H2,16,19,20). The predicted octanol–water partition coefficient (Wildman–Crippen LogP) is 17.8. The maximum atomic E-state index is 12.4. The fourth-order valence-corrected chi connectivity index (χ4v) is 19.5. The fraction of sp³-hybridized carbons (Fsp3) is 0.400. The molecule has 29 nitrogen and oxygen atoms in total.